The van der Waals surface area contributed by atoms with Crippen LogP contribution in [0.25, 0.3) is 0 Å². The molecule has 0 aliphatic heterocycles. The van der Waals surface area contributed by atoms with Gasteiger partial charge in [0.2, 0.25) is 0 Å². The van der Waals surface area contributed by atoms with Crippen molar-refractivity contribution in [3.8, 4) is 0 Å². The average Bonchev–Trinajstić information content (AvgIpc) is 2.22. The SMILES string of the molecule is CCC(C)(C)C(O)c1cc(F)c(C)cc1F. The Morgan fingerprint density at radius 3 is 2.31 bits per heavy atom. The van der Waals surface area contributed by atoms with Crippen molar-refractivity contribution in [2.24, 2.45) is 5.41 Å². The van der Waals surface area contributed by atoms with Gasteiger partial charge in [0.1, 0.15) is 11.6 Å². The van der Waals surface area contributed by atoms with Crippen molar-refractivity contribution in [1.29, 1.82) is 0 Å². The van der Waals surface area contributed by atoms with Gasteiger partial charge in [0, 0.05) is 5.56 Å². The van der Waals surface area contributed by atoms with Gasteiger partial charge in [0.05, 0.1) is 6.10 Å². The Morgan fingerprint density at radius 1 is 1.25 bits per heavy atom. The van der Waals surface area contributed by atoms with Gasteiger partial charge in [-0.05, 0) is 36.5 Å². The van der Waals surface area contributed by atoms with Crippen LogP contribution in [0.3, 0.4) is 0 Å². The summed E-state index contributed by atoms with van der Waals surface area (Å²) in [4.78, 5) is 0. The molecule has 3 heteroatoms. The van der Waals surface area contributed by atoms with Crippen molar-refractivity contribution < 1.29 is 13.9 Å². The van der Waals surface area contributed by atoms with Crippen LogP contribution < -0.4 is 0 Å². The first-order valence-corrected chi connectivity index (χ1v) is 5.43. The summed E-state index contributed by atoms with van der Waals surface area (Å²) < 4.78 is 27.0. The Balaban J connectivity index is 3.19. The van der Waals surface area contributed by atoms with Gasteiger partial charge < -0.3 is 5.11 Å². The monoisotopic (exact) mass is 228 g/mol. The summed E-state index contributed by atoms with van der Waals surface area (Å²) in [6.07, 6.45) is -0.309. The molecule has 0 saturated heterocycles. The number of rotatable bonds is 3. The van der Waals surface area contributed by atoms with Gasteiger partial charge in [-0.1, -0.05) is 20.8 Å². The maximum Gasteiger partial charge on any atom is 0.129 e. The number of hydrogen-bond acceptors (Lipinski definition) is 1. The van der Waals surface area contributed by atoms with Crippen molar-refractivity contribution in [2.75, 3.05) is 0 Å². The van der Waals surface area contributed by atoms with E-state index >= 15 is 0 Å². The Labute approximate surface area is 95.1 Å². The lowest BCUT2D eigenvalue weighted by Crippen LogP contribution is -2.22. The highest BCUT2D eigenvalue weighted by molar-refractivity contribution is 5.27. The van der Waals surface area contributed by atoms with E-state index in [9.17, 15) is 13.9 Å². The molecule has 0 aliphatic carbocycles. The predicted octanol–water partition coefficient (Wildman–Crippen LogP) is 3.74. The fraction of sp³-hybridized carbons (Fsp3) is 0.538. The second-order valence-corrected chi connectivity index (χ2v) is 4.87. The number of hydrogen-bond donors (Lipinski definition) is 1. The zero-order chi connectivity index (χ0) is 12.5. The molecule has 1 aromatic carbocycles. The van der Waals surface area contributed by atoms with E-state index in [1.54, 1.807) is 0 Å². The van der Waals surface area contributed by atoms with Crippen LogP contribution in [0.2, 0.25) is 0 Å². The number of halogens is 2. The summed E-state index contributed by atoms with van der Waals surface area (Å²) >= 11 is 0. The summed E-state index contributed by atoms with van der Waals surface area (Å²) in [6.45, 7) is 7.06. The van der Waals surface area contributed by atoms with Crippen molar-refractivity contribution in [2.45, 2.75) is 40.2 Å². The second-order valence-electron chi connectivity index (χ2n) is 4.87. The molecule has 1 nitrogen and oxygen atoms in total. The lowest BCUT2D eigenvalue weighted by atomic mass is 9.80. The van der Waals surface area contributed by atoms with Crippen molar-refractivity contribution in [3.05, 3.63) is 34.9 Å². The van der Waals surface area contributed by atoms with E-state index in [2.05, 4.69) is 0 Å². The Kier molecular flexibility index (Phi) is 3.68. The smallest absolute Gasteiger partial charge is 0.129 e. The fourth-order valence-corrected chi connectivity index (χ4v) is 1.49. The Morgan fingerprint density at radius 2 is 1.81 bits per heavy atom. The molecule has 0 spiro atoms. The Bertz CT molecular complexity index is 386. The van der Waals surface area contributed by atoms with E-state index in [0.717, 1.165) is 12.1 Å². The molecule has 0 aromatic heterocycles. The molecule has 1 rings (SSSR count). The van der Waals surface area contributed by atoms with Crippen molar-refractivity contribution >= 4 is 0 Å². The molecule has 0 amide bonds. The fourth-order valence-electron chi connectivity index (χ4n) is 1.49. The average molecular weight is 228 g/mol. The third-order valence-electron chi connectivity index (χ3n) is 3.22. The van der Waals surface area contributed by atoms with Crippen LogP contribution in [0.1, 0.15) is 44.4 Å². The van der Waals surface area contributed by atoms with E-state index in [0.29, 0.717) is 6.42 Å². The van der Waals surface area contributed by atoms with Gasteiger partial charge >= 0.3 is 0 Å². The highest BCUT2D eigenvalue weighted by Gasteiger charge is 2.29. The first-order valence-electron chi connectivity index (χ1n) is 5.43. The van der Waals surface area contributed by atoms with Gasteiger partial charge in [0.15, 0.2) is 0 Å². The van der Waals surface area contributed by atoms with E-state index in [-0.39, 0.29) is 11.1 Å². The van der Waals surface area contributed by atoms with Crippen LogP contribution in [0.4, 0.5) is 8.78 Å². The molecule has 0 heterocycles. The molecule has 0 saturated carbocycles. The van der Waals surface area contributed by atoms with Crippen LogP contribution >= 0.6 is 0 Å². The van der Waals surface area contributed by atoms with E-state index in [1.165, 1.54) is 6.92 Å². The molecule has 0 radical (unpaired) electrons. The zero-order valence-corrected chi connectivity index (χ0v) is 10.1. The van der Waals surface area contributed by atoms with Gasteiger partial charge in [-0.3, -0.25) is 0 Å². The van der Waals surface area contributed by atoms with Crippen molar-refractivity contribution in [1.82, 2.24) is 0 Å². The molecule has 1 atom stereocenters. The van der Waals surface area contributed by atoms with E-state index in [4.69, 9.17) is 0 Å². The lowest BCUT2D eigenvalue weighted by Gasteiger charge is -2.29. The van der Waals surface area contributed by atoms with Gasteiger partial charge in [-0.25, -0.2) is 8.78 Å². The van der Waals surface area contributed by atoms with E-state index < -0.39 is 23.2 Å². The zero-order valence-electron chi connectivity index (χ0n) is 10.1. The molecule has 16 heavy (non-hydrogen) atoms. The molecule has 0 aliphatic rings. The van der Waals surface area contributed by atoms with Crippen LogP contribution in [-0.2, 0) is 0 Å². The number of aliphatic hydroxyl groups is 1. The van der Waals surface area contributed by atoms with Crippen LogP contribution in [0, 0.1) is 24.0 Å². The molecule has 1 unspecified atom stereocenters. The molecule has 1 N–H and O–H groups in total. The normalized spacial score (nSPS) is 13.9. The molecular formula is C13H18F2O. The minimum atomic E-state index is -0.993. The first kappa shape index (κ1) is 13.1. The summed E-state index contributed by atoms with van der Waals surface area (Å²) in [5.41, 5.74) is -0.180. The maximum absolute atomic E-state index is 13.6. The van der Waals surface area contributed by atoms with Gasteiger partial charge in [-0.15, -0.1) is 0 Å². The summed E-state index contributed by atoms with van der Waals surface area (Å²) in [5.74, 6) is -1.03. The number of aryl methyl sites for hydroxylation is 1. The molecule has 1 aromatic rings. The van der Waals surface area contributed by atoms with E-state index in [1.807, 2.05) is 20.8 Å². The molecule has 0 bridgehead atoms. The molecule has 90 valence electrons. The van der Waals surface area contributed by atoms with Crippen LogP contribution in [0.5, 0.6) is 0 Å². The Hall–Kier alpha value is -0.960. The predicted molar refractivity (Wildman–Crippen MR) is 60.1 cm³/mol. The molecule has 0 fully saturated rings. The third-order valence-corrected chi connectivity index (χ3v) is 3.22. The topological polar surface area (TPSA) is 20.2 Å². The third kappa shape index (κ3) is 2.40. The quantitative estimate of drug-likeness (QED) is 0.835. The highest BCUT2D eigenvalue weighted by Crippen LogP contribution is 2.37. The summed E-state index contributed by atoms with van der Waals surface area (Å²) in [7, 11) is 0. The standard InChI is InChI=1S/C13H18F2O/c1-5-13(3,4)12(16)9-7-10(14)8(2)6-11(9)15/h6-7,12,16H,5H2,1-4H3. The lowest BCUT2D eigenvalue weighted by molar-refractivity contribution is 0.0433. The second kappa shape index (κ2) is 4.50. The first-order chi connectivity index (χ1) is 7.29. The van der Waals surface area contributed by atoms with Crippen molar-refractivity contribution in [3.63, 3.8) is 0 Å². The number of aliphatic hydroxyl groups excluding tert-OH is 1. The minimum Gasteiger partial charge on any atom is -0.388 e. The van der Waals surface area contributed by atoms with Gasteiger partial charge in [-0.2, -0.15) is 0 Å². The van der Waals surface area contributed by atoms with Crippen LogP contribution in [0.15, 0.2) is 12.1 Å². The summed E-state index contributed by atoms with van der Waals surface area (Å²) in [6, 6.07) is 2.21. The largest absolute Gasteiger partial charge is 0.388 e. The minimum absolute atomic E-state index is 0.0370. The van der Waals surface area contributed by atoms with Crippen LogP contribution in [-0.4, -0.2) is 5.11 Å². The number of benzene rings is 1. The van der Waals surface area contributed by atoms with Gasteiger partial charge in [0.25, 0.3) is 0 Å². The maximum atomic E-state index is 13.6. The summed E-state index contributed by atoms with van der Waals surface area (Å²) in [5, 5.41) is 10.0. The highest BCUT2D eigenvalue weighted by atomic mass is 19.1. The molecular weight excluding hydrogens is 210 g/mol.